The van der Waals surface area contributed by atoms with Crippen LogP contribution < -0.4 is 5.32 Å². The van der Waals surface area contributed by atoms with Crippen LogP contribution in [-0.4, -0.2) is 44.0 Å². The second kappa shape index (κ2) is 10.3. The van der Waals surface area contributed by atoms with Crippen molar-refractivity contribution in [3.8, 4) is 0 Å². The first kappa shape index (κ1) is 21.8. The predicted molar refractivity (Wildman–Crippen MR) is 119 cm³/mol. The zero-order chi connectivity index (χ0) is 22.3. The quantitative estimate of drug-likeness (QED) is 0.584. The predicted octanol–water partition coefficient (Wildman–Crippen LogP) is 3.97. The first-order chi connectivity index (χ1) is 15.6. The third-order valence-electron chi connectivity index (χ3n) is 5.73. The fourth-order valence-corrected chi connectivity index (χ4v) is 3.90. The summed E-state index contributed by atoms with van der Waals surface area (Å²) in [5.41, 5.74) is 1.53. The van der Waals surface area contributed by atoms with Gasteiger partial charge in [0.05, 0.1) is 18.0 Å². The molecular formula is C24H26FN5O2. The molecule has 166 valence electrons. The topological polar surface area (TPSA) is 91.2 Å². The molecule has 2 N–H and O–H groups in total. The summed E-state index contributed by atoms with van der Waals surface area (Å²) in [6.45, 7) is 1.30. The van der Waals surface area contributed by atoms with Crippen LogP contribution in [0.1, 0.15) is 49.0 Å². The maximum absolute atomic E-state index is 13.0. The molecule has 0 radical (unpaired) electrons. The van der Waals surface area contributed by atoms with Crippen molar-refractivity contribution in [2.24, 2.45) is 0 Å². The average Bonchev–Trinajstić information content (AvgIpc) is 2.84. The lowest BCUT2D eigenvalue weighted by molar-refractivity contribution is -0.132. The second-order valence-electron chi connectivity index (χ2n) is 7.93. The van der Waals surface area contributed by atoms with Gasteiger partial charge in [-0.25, -0.2) is 14.4 Å². The van der Waals surface area contributed by atoms with Crippen molar-refractivity contribution in [2.45, 2.75) is 37.7 Å². The first-order valence-electron chi connectivity index (χ1n) is 10.8. The van der Waals surface area contributed by atoms with E-state index in [2.05, 4.69) is 20.3 Å². The number of aromatic nitrogens is 3. The first-order valence-corrected chi connectivity index (χ1v) is 10.8. The highest BCUT2D eigenvalue weighted by molar-refractivity contribution is 5.76. The normalized spacial score (nSPS) is 15.4. The van der Waals surface area contributed by atoms with Gasteiger partial charge in [0.25, 0.3) is 0 Å². The summed E-state index contributed by atoms with van der Waals surface area (Å²) in [5.74, 6) is 1.28. The number of rotatable bonds is 7. The van der Waals surface area contributed by atoms with E-state index >= 15 is 0 Å². The fraction of sp³-hybridized carbons (Fsp3) is 0.333. The zero-order valence-electron chi connectivity index (χ0n) is 17.7. The lowest BCUT2D eigenvalue weighted by Crippen LogP contribution is -2.38. The molecule has 0 aliphatic carbocycles. The Balaban J connectivity index is 1.27. The molecule has 32 heavy (non-hydrogen) atoms. The number of aliphatic hydroxyl groups excluding tert-OH is 1. The van der Waals surface area contributed by atoms with Gasteiger partial charge < -0.3 is 15.3 Å². The number of carbonyl (C=O) groups excluding carboxylic acids is 1. The smallest absolute Gasteiger partial charge is 0.222 e. The van der Waals surface area contributed by atoms with Crippen LogP contribution in [-0.2, 0) is 4.79 Å². The van der Waals surface area contributed by atoms with Crippen LogP contribution in [0, 0.1) is 5.82 Å². The van der Waals surface area contributed by atoms with Crippen LogP contribution in [0.25, 0.3) is 0 Å². The highest BCUT2D eigenvalue weighted by Crippen LogP contribution is 2.28. The van der Waals surface area contributed by atoms with Crippen LogP contribution >= 0.6 is 0 Å². The SMILES string of the molecule is O=C(CCC(O)c1ccc(F)cc1)N1CCC(c2cncc(Nc3ccccn3)n2)CC1. The van der Waals surface area contributed by atoms with Gasteiger partial charge in [-0.3, -0.25) is 9.78 Å². The highest BCUT2D eigenvalue weighted by Gasteiger charge is 2.25. The third kappa shape index (κ3) is 5.64. The summed E-state index contributed by atoms with van der Waals surface area (Å²) in [6.07, 6.45) is 6.59. The number of piperidine rings is 1. The van der Waals surface area contributed by atoms with Crippen LogP contribution in [0.5, 0.6) is 0 Å². The standard InChI is InChI=1S/C24H26FN5O2/c25-19-6-4-18(5-7-19)21(31)8-9-24(32)30-13-10-17(11-14-30)20-15-26-16-23(28-20)29-22-3-1-2-12-27-22/h1-7,12,15-17,21,31H,8-11,13-14H2,(H,27,28,29). The number of halogens is 1. The van der Waals surface area contributed by atoms with Gasteiger partial charge in [-0.15, -0.1) is 0 Å². The summed E-state index contributed by atoms with van der Waals surface area (Å²) in [5, 5.41) is 13.4. The van der Waals surface area contributed by atoms with Crippen molar-refractivity contribution in [2.75, 3.05) is 18.4 Å². The molecule has 1 fully saturated rings. The molecule has 1 atom stereocenters. The molecule has 1 amide bonds. The van der Waals surface area contributed by atoms with Gasteiger partial charge in [0.15, 0.2) is 0 Å². The Hall–Kier alpha value is -3.39. The lowest BCUT2D eigenvalue weighted by atomic mass is 9.93. The van der Waals surface area contributed by atoms with Crippen molar-refractivity contribution in [1.29, 1.82) is 0 Å². The van der Waals surface area contributed by atoms with Crippen LogP contribution in [0.15, 0.2) is 61.1 Å². The number of carbonyl (C=O) groups is 1. The Morgan fingerprint density at radius 2 is 1.91 bits per heavy atom. The van der Waals surface area contributed by atoms with Crippen molar-refractivity contribution in [1.82, 2.24) is 19.9 Å². The Morgan fingerprint density at radius 1 is 1.12 bits per heavy atom. The molecular weight excluding hydrogens is 409 g/mol. The van der Waals surface area contributed by atoms with Gasteiger partial charge in [-0.1, -0.05) is 18.2 Å². The van der Waals surface area contributed by atoms with Crippen molar-refractivity contribution in [3.05, 3.63) is 78.1 Å². The molecule has 1 saturated heterocycles. The summed E-state index contributed by atoms with van der Waals surface area (Å²) in [7, 11) is 0. The van der Waals surface area contributed by atoms with Crippen molar-refractivity contribution >= 4 is 17.5 Å². The molecule has 8 heteroatoms. The molecule has 2 aromatic heterocycles. The maximum atomic E-state index is 13.0. The number of pyridine rings is 1. The third-order valence-corrected chi connectivity index (χ3v) is 5.73. The summed E-state index contributed by atoms with van der Waals surface area (Å²) in [6, 6.07) is 11.3. The molecule has 4 rings (SSSR count). The number of benzene rings is 1. The molecule has 1 aliphatic heterocycles. The van der Waals surface area contributed by atoms with Crippen molar-refractivity contribution in [3.63, 3.8) is 0 Å². The van der Waals surface area contributed by atoms with Gasteiger partial charge in [0.1, 0.15) is 17.5 Å². The molecule has 3 aromatic rings. The molecule has 1 aromatic carbocycles. The average molecular weight is 436 g/mol. The van der Waals surface area contributed by atoms with E-state index in [4.69, 9.17) is 0 Å². The number of nitrogens with zero attached hydrogens (tertiary/aromatic N) is 4. The monoisotopic (exact) mass is 435 g/mol. The van der Waals surface area contributed by atoms with Crippen LogP contribution in [0.4, 0.5) is 16.0 Å². The minimum atomic E-state index is -0.776. The fourth-order valence-electron chi connectivity index (χ4n) is 3.90. The van der Waals surface area contributed by atoms with E-state index in [9.17, 15) is 14.3 Å². The largest absolute Gasteiger partial charge is 0.388 e. The Morgan fingerprint density at radius 3 is 2.62 bits per heavy atom. The number of aliphatic hydroxyl groups is 1. The minimum Gasteiger partial charge on any atom is -0.388 e. The number of nitrogens with one attached hydrogen (secondary N) is 1. The van der Waals surface area contributed by atoms with E-state index in [1.165, 1.54) is 12.1 Å². The van der Waals surface area contributed by atoms with E-state index in [0.29, 0.717) is 36.7 Å². The van der Waals surface area contributed by atoms with Crippen molar-refractivity contribution < 1.29 is 14.3 Å². The zero-order valence-corrected chi connectivity index (χ0v) is 17.7. The van der Waals surface area contributed by atoms with E-state index in [0.717, 1.165) is 18.5 Å². The molecule has 0 bridgehead atoms. The van der Waals surface area contributed by atoms with E-state index in [1.54, 1.807) is 30.7 Å². The number of amides is 1. The molecule has 0 saturated carbocycles. The van der Waals surface area contributed by atoms with E-state index in [-0.39, 0.29) is 24.1 Å². The summed E-state index contributed by atoms with van der Waals surface area (Å²) < 4.78 is 13.0. The summed E-state index contributed by atoms with van der Waals surface area (Å²) >= 11 is 0. The number of likely N-dealkylation sites (tertiary alicyclic amines) is 1. The molecule has 3 heterocycles. The minimum absolute atomic E-state index is 0.0289. The second-order valence-corrected chi connectivity index (χ2v) is 7.93. The Bertz CT molecular complexity index is 1020. The van der Waals surface area contributed by atoms with Gasteiger partial charge >= 0.3 is 0 Å². The molecule has 0 spiro atoms. The molecule has 1 unspecified atom stereocenters. The maximum Gasteiger partial charge on any atom is 0.222 e. The molecule has 7 nitrogen and oxygen atoms in total. The van der Waals surface area contributed by atoms with E-state index < -0.39 is 6.10 Å². The highest BCUT2D eigenvalue weighted by atomic mass is 19.1. The number of hydrogen-bond acceptors (Lipinski definition) is 6. The Labute approximate surface area is 186 Å². The summed E-state index contributed by atoms with van der Waals surface area (Å²) in [4.78, 5) is 27.7. The van der Waals surface area contributed by atoms with Crippen LogP contribution in [0.3, 0.4) is 0 Å². The van der Waals surface area contributed by atoms with Gasteiger partial charge in [-0.2, -0.15) is 0 Å². The molecule has 1 aliphatic rings. The Kier molecular flexibility index (Phi) is 7.01. The lowest BCUT2D eigenvalue weighted by Gasteiger charge is -2.32. The van der Waals surface area contributed by atoms with Gasteiger partial charge in [-0.05, 0) is 49.1 Å². The van der Waals surface area contributed by atoms with Gasteiger partial charge in [0.2, 0.25) is 5.91 Å². The van der Waals surface area contributed by atoms with E-state index in [1.807, 2.05) is 23.1 Å². The number of hydrogen-bond donors (Lipinski definition) is 2. The van der Waals surface area contributed by atoms with Gasteiger partial charge in [0, 0.05) is 37.8 Å². The van der Waals surface area contributed by atoms with Crippen LogP contribution in [0.2, 0.25) is 0 Å². The number of anilines is 2.